The standard InChI is InChI=1S/C54H63N7O9.C45H49N7O5/c1-5-25-69-54(66)61-44-32-48(35(2)28-42(44)52(65)60-24-10-8-13-43(60)53(61)70-50-15-9-12-27-68-50)67-26-11-6-7-14-49(63)56-41-31-45(59(4)34-41)47(62)29-36-16-18-37(19-17-36)38-30-46(58(3)33-38)51(64)57-40-22-20-39(55)21-23-40;1-29-21-37-38(47-26-36-9-6-7-19-52(36)45(37)56)25-42(29)57-20-8-4-5-10-43(54)48-35-24-39(51(3)28-35)41(53)22-30-11-13-31(14-12-30)32-23-40(50(2)27-32)44(55)49-34-17-15-33(46)16-18-34/h5,16-23,28,30-34,43,50,53H,1,6-15,24-27,29,55H2,2-4H3,(H,56,63)(H,57,64);11-18,21,23-28,36H,4-10,19-20,22,46H2,1-3H3,(H,48,54)(H,49,55)/t43-,50?,53?;36-/m00/s1. The number of unbranched alkanes of at least 4 members (excludes halogenated alkanes) is 4. The van der Waals surface area contributed by atoms with E-state index in [2.05, 4.69) is 32.8 Å². The summed E-state index contributed by atoms with van der Waals surface area (Å²) in [5, 5.41) is 11.7. The molecule has 5 aliphatic heterocycles. The molecule has 3 saturated heterocycles. The minimum absolute atomic E-state index is 0.00754. The van der Waals surface area contributed by atoms with Crippen molar-refractivity contribution >= 4 is 105 Å². The van der Waals surface area contributed by atoms with Gasteiger partial charge >= 0.3 is 6.09 Å². The highest BCUT2D eigenvalue weighted by atomic mass is 16.7. The van der Waals surface area contributed by atoms with Crippen LogP contribution in [0.1, 0.15) is 194 Å². The number of nitrogens with zero attached hydrogens (tertiary/aromatic N) is 8. The molecule has 662 valence electrons. The van der Waals surface area contributed by atoms with Crippen LogP contribution in [0.2, 0.25) is 0 Å². The van der Waals surface area contributed by atoms with E-state index in [-0.39, 0.29) is 85.0 Å². The van der Waals surface area contributed by atoms with Crippen LogP contribution in [0, 0.1) is 13.8 Å². The number of amides is 7. The first-order valence-electron chi connectivity index (χ1n) is 43.8. The number of nitrogens with one attached hydrogen (secondary N) is 4. The molecule has 15 rings (SSSR count). The number of nitrogen functional groups attached to an aromatic ring is 2. The lowest BCUT2D eigenvalue weighted by Crippen LogP contribution is -2.57. The number of Topliss-reactive ketones (excluding diaryl/α,β-unsaturated/α-hetero) is 2. The fourth-order valence-corrected chi connectivity index (χ4v) is 16.9. The lowest BCUT2D eigenvalue weighted by Gasteiger charge is -2.42. The van der Waals surface area contributed by atoms with Gasteiger partial charge in [0, 0.05) is 151 Å². The maximum atomic E-state index is 14.2. The Kier molecular flexibility index (Phi) is 29.3. The van der Waals surface area contributed by atoms with Gasteiger partial charge in [0.05, 0.1) is 70.6 Å². The molecule has 127 heavy (non-hydrogen) atoms. The van der Waals surface area contributed by atoms with Crippen LogP contribution in [0.15, 0.2) is 188 Å². The quantitative estimate of drug-likeness (QED) is 0.00987. The Labute approximate surface area is 739 Å². The maximum absolute atomic E-state index is 14.2. The van der Waals surface area contributed by atoms with Gasteiger partial charge in [-0.2, -0.15) is 0 Å². The van der Waals surface area contributed by atoms with Crippen LogP contribution in [0.25, 0.3) is 22.3 Å². The van der Waals surface area contributed by atoms with Gasteiger partial charge in [0.25, 0.3) is 23.6 Å². The lowest BCUT2D eigenvalue weighted by atomic mass is 10.00. The number of hydrogen-bond donors (Lipinski definition) is 6. The van der Waals surface area contributed by atoms with Gasteiger partial charge in [0.2, 0.25) is 11.8 Å². The number of rotatable bonds is 32. The summed E-state index contributed by atoms with van der Waals surface area (Å²) in [6, 6.07) is 43.4. The molecule has 9 heterocycles. The first-order valence-corrected chi connectivity index (χ1v) is 43.8. The van der Waals surface area contributed by atoms with E-state index in [0.717, 1.165) is 115 Å². The SMILES string of the molecule is C=CCOC(=O)N1c2cc(OCCCCCC(=O)Nc3cc(C(=O)Cc4ccc(-c5cc(C(=O)Nc6ccc(N)cc6)n(C)c5)cc4)n(C)c3)c(C)cc2C(=O)N2CCCC[C@H]2C1OC1CCCCO1.Cc1cc2c(cc1OCCCCCC(=O)Nc1cc(C(=O)Cc3ccc(-c4cc(C(=O)Nc5ccc(N)cc5)n(C)c4)cc3)n(C)c1)N=C[C@@H]1CCCCN1C2=O. The molecule has 0 saturated carbocycles. The maximum Gasteiger partial charge on any atom is 0.416 e. The number of fused-ring (bicyclic) bond motifs is 4. The van der Waals surface area contributed by atoms with Crippen molar-refractivity contribution in [2.24, 2.45) is 33.2 Å². The topological polar surface area (TPSA) is 342 Å². The van der Waals surface area contributed by atoms with Gasteiger partial charge in [0.15, 0.2) is 24.1 Å². The highest BCUT2D eigenvalue weighted by Gasteiger charge is 2.47. The minimum Gasteiger partial charge on any atom is -0.493 e. The summed E-state index contributed by atoms with van der Waals surface area (Å²) < 4.78 is 37.6. The molecule has 6 aromatic carbocycles. The zero-order chi connectivity index (χ0) is 89.4. The Bertz CT molecular complexity index is 5720. The lowest BCUT2D eigenvalue weighted by molar-refractivity contribution is -0.198. The summed E-state index contributed by atoms with van der Waals surface area (Å²) in [4.78, 5) is 130. The molecule has 0 bridgehead atoms. The van der Waals surface area contributed by atoms with Crippen molar-refractivity contribution in [1.29, 1.82) is 0 Å². The summed E-state index contributed by atoms with van der Waals surface area (Å²) in [7, 11) is 7.22. The van der Waals surface area contributed by atoms with Gasteiger partial charge in [-0.15, -0.1) is 0 Å². The number of benzene rings is 6. The number of aliphatic imine (C=N–C) groups is 1. The Hall–Kier alpha value is -13.6. The second-order valence-corrected chi connectivity index (χ2v) is 33.3. The van der Waals surface area contributed by atoms with Crippen LogP contribution in [0.4, 0.5) is 50.3 Å². The van der Waals surface area contributed by atoms with Crippen molar-refractivity contribution in [3.05, 3.63) is 239 Å². The van der Waals surface area contributed by atoms with Gasteiger partial charge in [-0.05, 0) is 228 Å². The predicted octanol–water partition coefficient (Wildman–Crippen LogP) is 17.1. The first-order chi connectivity index (χ1) is 61.4. The molecule has 4 aromatic heterocycles. The number of ether oxygens (including phenoxy) is 5. The van der Waals surface area contributed by atoms with Crippen LogP contribution in [0.3, 0.4) is 0 Å². The van der Waals surface area contributed by atoms with Crippen LogP contribution in [-0.2, 0) is 64.8 Å². The molecule has 0 spiro atoms. The fraction of sp³-hybridized carbons (Fsp3) is 0.354. The van der Waals surface area contributed by atoms with Crippen molar-refractivity contribution in [3.8, 4) is 33.8 Å². The summed E-state index contributed by atoms with van der Waals surface area (Å²) in [5.41, 5.74) is 26.2. The minimum atomic E-state index is -0.831. The fourth-order valence-electron chi connectivity index (χ4n) is 16.9. The number of carbonyl (C=O) groups is 9. The zero-order valence-electron chi connectivity index (χ0n) is 73.0. The highest BCUT2D eigenvalue weighted by molar-refractivity contribution is 6.08. The third-order valence-corrected chi connectivity index (χ3v) is 23.7. The number of anilines is 7. The van der Waals surface area contributed by atoms with Crippen molar-refractivity contribution in [3.63, 3.8) is 0 Å². The zero-order valence-corrected chi connectivity index (χ0v) is 73.0. The number of aryl methyl sites for hydroxylation is 6. The molecule has 8 N–H and O–H groups in total. The van der Waals surface area contributed by atoms with Crippen LogP contribution in [-0.4, -0.2) is 152 Å². The van der Waals surface area contributed by atoms with E-state index in [1.165, 1.54) is 11.0 Å². The molecule has 10 aromatic rings. The Morgan fingerprint density at radius 2 is 0.992 bits per heavy atom. The van der Waals surface area contributed by atoms with Crippen molar-refractivity contribution < 1.29 is 66.8 Å². The van der Waals surface area contributed by atoms with Gasteiger partial charge in [-0.1, -0.05) is 61.2 Å². The van der Waals surface area contributed by atoms with E-state index in [4.69, 9.17) is 35.2 Å². The largest absolute Gasteiger partial charge is 0.493 e. The highest BCUT2D eigenvalue weighted by Crippen LogP contribution is 2.42. The third kappa shape index (κ3) is 22.4. The summed E-state index contributed by atoms with van der Waals surface area (Å²) in [5.74, 6) is 0.250. The van der Waals surface area contributed by atoms with Gasteiger partial charge < -0.3 is 84.5 Å². The van der Waals surface area contributed by atoms with Crippen LogP contribution < -0.4 is 47.1 Å². The predicted molar refractivity (Wildman–Crippen MR) is 492 cm³/mol. The van der Waals surface area contributed by atoms with Gasteiger partial charge in [0.1, 0.15) is 29.5 Å². The summed E-state index contributed by atoms with van der Waals surface area (Å²) in [6.45, 7) is 10.3. The molecular weight excluding hydrogens is 1610 g/mol. The molecule has 28 heteroatoms. The summed E-state index contributed by atoms with van der Waals surface area (Å²) in [6.07, 6.45) is 22.0. The van der Waals surface area contributed by atoms with Crippen molar-refractivity contribution in [2.75, 3.05) is 77.2 Å². The number of nitrogens with two attached hydrogens (primary N) is 2. The molecule has 4 atom stereocenters. The second kappa shape index (κ2) is 41.5. The van der Waals surface area contributed by atoms with E-state index < -0.39 is 18.6 Å². The normalized spacial score (nSPS) is 16.4. The number of aromatic nitrogens is 4. The average molecular weight is 1720 g/mol. The summed E-state index contributed by atoms with van der Waals surface area (Å²) >= 11 is 0. The molecule has 5 aliphatic rings. The van der Waals surface area contributed by atoms with E-state index in [0.29, 0.717) is 156 Å². The molecule has 3 fully saturated rings. The Morgan fingerprint density at radius 1 is 0.504 bits per heavy atom. The van der Waals surface area contributed by atoms with Crippen LogP contribution >= 0.6 is 0 Å². The van der Waals surface area contributed by atoms with E-state index in [1.54, 1.807) is 118 Å². The number of piperidine rings is 2. The van der Waals surface area contributed by atoms with Crippen molar-refractivity contribution in [1.82, 2.24) is 28.1 Å². The van der Waals surface area contributed by atoms with Crippen LogP contribution in [0.5, 0.6) is 11.5 Å². The monoisotopic (exact) mass is 1720 g/mol. The number of hydrogen-bond acceptors (Lipinski definition) is 17. The molecule has 2 unspecified atom stereocenters. The van der Waals surface area contributed by atoms with Crippen molar-refractivity contribution in [2.45, 2.75) is 160 Å². The molecule has 0 aliphatic carbocycles. The van der Waals surface area contributed by atoms with E-state index >= 15 is 0 Å². The molecule has 0 radical (unpaired) electrons. The average Bonchev–Trinajstić information content (AvgIpc) is 1.62. The first kappa shape index (κ1) is 89.7. The smallest absolute Gasteiger partial charge is 0.416 e. The molecule has 7 amide bonds. The molecule has 28 nitrogen and oxygen atoms in total. The van der Waals surface area contributed by atoms with E-state index in [1.807, 2.05) is 129 Å². The second-order valence-electron chi connectivity index (χ2n) is 33.3. The van der Waals surface area contributed by atoms with E-state index in [9.17, 15) is 43.2 Å². The van der Waals surface area contributed by atoms with Gasteiger partial charge in [-0.25, -0.2) is 9.69 Å². The Balaban J connectivity index is 0.000000210. The molecular formula is C99H112N14O14. The third-order valence-electron chi connectivity index (χ3n) is 23.7. The number of carbonyl (C=O) groups excluding carboxylic acids is 9. The Morgan fingerprint density at radius 3 is 1.51 bits per heavy atom. The number of ketones is 2. The van der Waals surface area contributed by atoms with Gasteiger partial charge in [-0.3, -0.25) is 43.3 Å².